The van der Waals surface area contributed by atoms with Crippen molar-refractivity contribution in [2.75, 3.05) is 0 Å². The van der Waals surface area contributed by atoms with Gasteiger partial charge >= 0.3 is 35.8 Å². The maximum atomic E-state index is 12.9. The number of hydrogen-bond donors (Lipinski definition) is 0. The van der Waals surface area contributed by atoms with E-state index in [1.807, 2.05) is 0 Å². The van der Waals surface area contributed by atoms with Gasteiger partial charge in [-0.2, -0.15) is 57.1 Å². The molecule has 0 spiro atoms. The Balaban J connectivity index is 6.11. The third-order valence-electron chi connectivity index (χ3n) is 2.56. The molecule has 0 nitrogen and oxygen atoms in total. The highest BCUT2D eigenvalue weighted by atomic mass is 19.4. The molecule has 0 aromatic rings. The zero-order valence-electron chi connectivity index (χ0n) is 10.3. The molecule has 0 heterocycles. The molecular weight excluding hydrogens is 355 g/mol. The molecule has 0 amide bonds. The molecule has 0 unspecified atom stereocenters. The Kier molecular flexibility index (Phi) is 5.10. The standard InChI is InChI=1S/C9H7F13/c1-2-3-4(10,11)5(12,13)6(14,15)7(16,17)8(18,19)9(20,21)22/h2-3H2,1H3. The summed E-state index contributed by atoms with van der Waals surface area (Å²) in [6.07, 6.45) is -10.5. The second kappa shape index (κ2) is 5.32. The smallest absolute Gasteiger partial charge is 0.200 e. The molecule has 0 radical (unpaired) electrons. The van der Waals surface area contributed by atoms with Crippen molar-refractivity contribution in [2.45, 2.75) is 55.6 Å². The van der Waals surface area contributed by atoms with Crippen molar-refractivity contribution in [3.63, 3.8) is 0 Å². The highest BCUT2D eigenvalue weighted by Gasteiger charge is 2.90. The van der Waals surface area contributed by atoms with Crippen LogP contribution in [0.1, 0.15) is 19.8 Å². The van der Waals surface area contributed by atoms with Crippen molar-refractivity contribution >= 4 is 0 Å². The van der Waals surface area contributed by atoms with E-state index in [0.29, 0.717) is 0 Å². The topological polar surface area (TPSA) is 0 Å². The summed E-state index contributed by atoms with van der Waals surface area (Å²) < 4.78 is 162. The van der Waals surface area contributed by atoms with E-state index in [9.17, 15) is 57.1 Å². The van der Waals surface area contributed by atoms with Crippen molar-refractivity contribution in [1.82, 2.24) is 0 Å². The van der Waals surface area contributed by atoms with Gasteiger partial charge in [-0.05, 0) is 0 Å². The van der Waals surface area contributed by atoms with Crippen molar-refractivity contribution in [2.24, 2.45) is 0 Å². The van der Waals surface area contributed by atoms with Gasteiger partial charge in [-0.1, -0.05) is 13.3 Å². The average Bonchev–Trinajstić information content (AvgIpc) is 2.26. The van der Waals surface area contributed by atoms with Gasteiger partial charge in [0.15, 0.2) is 0 Å². The molecule has 0 saturated heterocycles. The maximum absolute atomic E-state index is 12.9. The number of halogens is 13. The molecule has 0 aromatic heterocycles. The summed E-state index contributed by atoms with van der Waals surface area (Å²) in [5.41, 5.74) is 0. The lowest BCUT2D eigenvalue weighted by atomic mass is 9.92. The largest absolute Gasteiger partial charge is 0.460 e. The van der Waals surface area contributed by atoms with Crippen molar-refractivity contribution in [1.29, 1.82) is 0 Å². The first-order chi connectivity index (χ1) is 9.31. The molecule has 0 atom stereocenters. The minimum atomic E-state index is -7.81. The fourth-order valence-corrected chi connectivity index (χ4v) is 1.27. The molecule has 0 rings (SSSR count). The predicted molar refractivity (Wildman–Crippen MR) is 45.7 cm³/mol. The Labute approximate surface area is 114 Å². The molecule has 0 aromatic carbocycles. The molecule has 22 heavy (non-hydrogen) atoms. The molecule has 0 aliphatic rings. The lowest BCUT2D eigenvalue weighted by Gasteiger charge is -2.39. The van der Waals surface area contributed by atoms with Gasteiger partial charge in [0, 0.05) is 6.42 Å². The van der Waals surface area contributed by atoms with Gasteiger partial charge in [0.2, 0.25) is 0 Å². The van der Waals surface area contributed by atoms with Gasteiger partial charge < -0.3 is 0 Å². The molecule has 0 aliphatic heterocycles. The van der Waals surface area contributed by atoms with Gasteiger partial charge in [-0.25, -0.2) is 0 Å². The third-order valence-corrected chi connectivity index (χ3v) is 2.56. The third kappa shape index (κ3) is 2.70. The first-order valence-electron chi connectivity index (χ1n) is 5.27. The van der Waals surface area contributed by atoms with E-state index in [2.05, 4.69) is 0 Å². The van der Waals surface area contributed by atoms with Crippen LogP contribution in [0.25, 0.3) is 0 Å². The summed E-state index contributed by atoms with van der Waals surface area (Å²) in [7, 11) is 0. The summed E-state index contributed by atoms with van der Waals surface area (Å²) >= 11 is 0. The second-order valence-electron chi connectivity index (χ2n) is 4.25. The van der Waals surface area contributed by atoms with E-state index in [4.69, 9.17) is 0 Å². The molecular formula is C9H7F13. The fourth-order valence-electron chi connectivity index (χ4n) is 1.27. The highest BCUT2D eigenvalue weighted by Crippen LogP contribution is 2.60. The summed E-state index contributed by atoms with van der Waals surface area (Å²) in [4.78, 5) is 0. The van der Waals surface area contributed by atoms with Gasteiger partial charge in [-0.15, -0.1) is 0 Å². The molecule has 0 aliphatic carbocycles. The summed E-state index contributed by atoms with van der Waals surface area (Å²) in [5, 5.41) is 0. The lowest BCUT2D eigenvalue weighted by Crippen LogP contribution is -2.70. The van der Waals surface area contributed by atoms with Crippen LogP contribution in [0.5, 0.6) is 0 Å². The van der Waals surface area contributed by atoms with Crippen LogP contribution >= 0.6 is 0 Å². The van der Waals surface area contributed by atoms with E-state index in [-0.39, 0.29) is 0 Å². The predicted octanol–water partition coefficient (Wildman–Crippen LogP) is 5.53. The lowest BCUT2D eigenvalue weighted by molar-refractivity contribution is -0.440. The maximum Gasteiger partial charge on any atom is 0.460 e. The van der Waals surface area contributed by atoms with Crippen LogP contribution in [0.3, 0.4) is 0 Å². The van der Waals surface area contributed by atoms with Crippen molar-refractivity contribution in [3.05, 3.63) is 0 Å². The Morgan fingerprint density at radius 3 is 1.09 bits per heavy atom. The quantitative estimate of drug-likeness (QED) is 0.546. The highest BCUT2D eigenvalue weighted by molar-refractivity contribution is 5.10. The zero-order valence-corrected chi connectivity index (χ0v) is 10.3. The molecule has 134 valence electrons. The summed E-state index contributed by atoms with van der Waals surface area (Å²) in [6, 6.07) is 0. The van der Waals surface area contributed by atoms with Crippen molar-refractivity contribution < 1.29 is 57.1 Å². The number of rotatable bonds is 6. The minimum absolute atomic E-state index is 0.741. The molecule has 0 fully saturated rings. The zero-order chi connectivity index (χ0) is 18.4. The van der Waals surface area contributed by atoms with Gasteiger partial charge in [0.25, 0.3) is 0 Å². The Bertz CT molecular complexity index is 391. The van der Waals surface area contributed by atoms with Gasteiger partial charge in [0.05, 0.1) is 0 Å². The molecule has 13 heteroatoms. The van der Waals surface area contributed by atoms with Crippen LogP contribution < -0.4 is 0 Å². The van der Waals surface area contributed by atoms with Gasteiger partial charge in [0.1, 0.15) is 0 Å². The fraction of sp³-hybridized carbons (Fsp3) is 1.00. The summed E-state index contributed by atoms with van der Waals surface area (Å²) in [5.74, 6) is -36.2. The monoisotopic (exact) mass is 362 g/mol. The van der Waals surface area contributed by atoms with Crippen LogP contribution in [0.2, 0.25) is 0 Å². The average molecular weight is 362 g/mol. The Morgan fingerprint density at radius 2 is 0.818 bits per heavy atom. The molecule has 0 N–H and O–H groups in total. The van der Waals surface area contributed by atoms with Crippen LogP contribution in [0, 0.1) is 0 Å². The van der Waals surface area contributed by atoms with Crippen LogP contribution in [-0.2, 0) is 0 Å². The first kappa shape index (κ1) is 21.1. The van der Waals surface area contributed by atoms with Crippen LogP contribution in [0.15, 0.2) is 0 Å². The van der Waals surface area contributed by atoms with E-state index in [1.54, 1.807) is 0 Å². The molecule has 0 bridgehead atoms. The van der Waals surface area contributed by atoms with E-state index in [1.165, 1.54) is 0 Å². The van der Waals surface area contributed by atoms with Gasteiger partial charge in [-0.3, -0.25) is 0 Å². The normalized spacial score (nSPS) is 16.1. The SMILES string of the molecule is CCCC(F)(F)C(F)(F)C(F)(F)C(F)(F)C(F)(F)C(F)(F)F. The van der Waals surface area contributed by atoms with Crippen molar-refractivity contribution in [3.8, 4) is 0 Å². The number of alkyl halides is 13. The van der Waals surface area contributed by atoms with E-state index < -0.39 is 48.6 Å². The molecule has 0 saturated carbocycles. The summed E-state index contributed by atoms with van der Waals surface area (Å²) in [6.45, 7) is 0.741. The van der Waals surface area contributed by atoms with E-state index in [0.717, 1.165) is 6.92 Å². The Morgan fingerprint density at radius 1 is 0.500 bits per heavy atom. The van der Waals surface area contributed by atoms with Crippen LogP contribution in [0.4, 0.5) is 57.1 Å². The number of hydrogen-bond acceptors (Lipinski definition) is 0. The second-order valence-corrected chi connectivity index (χ2v) is 4.25. The Hall–Kier alpha value is -0.910. The van der Waals surface area contributed by atoms with E-state index >= 15 is 0 Å². The minimum Gasteiger partial charge on any atom is -0.200 e. The van der Waals surface area contributed by atoms with Crippen LogP contribution in [-0.4, -0.2) is 35.8 Å². The first-order valence-corrected chi connectivity index (χ1v) is 5.27.